The van der Waals surface area contributed by atoms with E-state index >= 15 is 0 Å². The number of carbonyl (C=O) groups excluding carboxylic acids is 2. The van der Waals surface area contributed by atoms with Crippen LogP contribution < -0.4 is 14.9 Å². The topological polar surface area (TPSA) is 130 Å². The molecule has 12 heteroatoms. The van der Waals surface area contributed by atoms with E-state index in [1.54, 1.807) is 56.7 Å². The van der Waals surface area contributed by atoms with Gasteiger partial charge in [-0.05, 0) is 36.6 Å². The van der Waals surface area contributed by atoms with E-state index in [-0.39, 0.29) is 28.0 Å². The van der Waals surface area contributed by atoms with Crippen LogP contribution in [0.5, 0.6) is 5.75 Å². The van der Waals surface area contributed by atoms with Gasteiger partial charge in [0.2, 0.25) is 0 Å². The molecule has 3 rings (SSSR count). The predicted octanol–water partition coefficient (Wildman–Crippen LogP) is 2.56. The lowest BCUT2D eigenvalue weighted by Crippen LogP contribution is -2.27. The molecule has 0 aliphatic rings. The number of anilines is 1. The Labute approximate surface area is 201 Å². The van der Waals surface area contributed by atoms with Gasteiger partial charge in [0.05, 0.1) is 23.2 Å². The smallest absolute Gasteiger partial charge is 0.273 e. The zero-order chi connectivity index (χ0) is 24.7. The molecular weight excluding hydrogens is 478 g/mol. The van der Waals surface area contributed by atoms with E-state index in [9.17, 15) is 18.0 Å². The van der Waals surface area contributed by atoms with Crippen LogP contribution >= 0.6 is 11.3 Å². The summed E-state index contributed by atoms with van der Waals surface area (Å²) in [5, 5.41) is 5.76. The minimum atomic E-state index is -3.85. The second-order valence-corrected chi connectivity index (χ2v) is 10.1. The SMILES string of the molecule is C/C(=N/NC(=O)c1ccncc1NS(=O)(=O)c1cccs1)c1cccc(OCC(=O)N(C)C)c1. The fourth-order valence-corrected chi connectivity index (χ4v) is 4.69. The summed E-state index contributed by atoms with van der Waals surface area (Å²) < 4.78 is 33.1. The van der Waals surface area contributed by atoms with Crippen molar-refractivity contribution in [3.8, 4) is 5.75 Å². The molecule has 3 aromatic rings. The van der Waals surface area contributed by atoms with Crippen molar-refractivity contribution in [2.45, 2.75) is 11.1 Å². The summed E-state index contributed by atoms with van der Waals surface area (Å²) >= 11 is 1.06. The third kappa shape index (κ3) is 6.39. The number of likely N-dealkylation sites (N-methyl/N-ethyl adjacent to an activating group) is 1. The maximum absolute atomic E-state index is 12.7. The van der Waals surface area contributed by atoms with Crippen molar-refractivity contribution in [3.63, 3.8) is 0 Å². The molecule has 0 radical (unpaired) electrons. The number of hydrazone groups is 1. The summed E-state index contributed by atoms with van der Waals surface area (Å²) in [6.45, 7) is 1.59. The molecule has 2 amide bonds. The highest BCUT2D eigenvalue weighted by Crippen LogP contribution is 2.22. The average molecular weight is 502 g/mol. The molecule has 10 nitrogen and oxygen atoms in total. The molecule has 0 saturated heterocycles. The van der Waals surface area contributed by atoms with Crippen molar-refractivity contribution in [1.29, 1.82) is 0 Å². The molecule has 2 N–H and O–H groups in total. The van der Waals surface area contributed by atoms with E-state index in [1.807, 2.05) is 0 Å². The second kappa shape index (κ2) is 10.9. The van der Waals surface area contributed by atoms with Gasteiger partial charge < -0.3 is 9.64 Å². The standard InChI is InChI=1S/C22H23N5O5S2/c1-15(16-6-4-7-17(12-16)32-14-20(28)27(2)3)24-25-22(29)18-9-10-23-13-19(18)26-34(30,31)21-8-5-11-33-21/h4-13,26H,14H2,1-3H3,(H,25,29)/b24-15-. The van der Waals surface area contributed by atoms with Crippen LogP contribution in [-0.4, -0.2) is 56.5 Å². The molecule has 0 saturated carbocycles. The third-order valence-corrected chi connectivity index (χ3v) is 7.27. The quantitative estimate of drug-likeness (QED) is 0.342. The molecule has 2 aromatic heterocycles. The minimum Gasteiger partial charge on any atom is -0.484 e. The number of nitrogens with one attached hydrogen (secondary N) is 2. The number of pyridine rings is 1. The fourth-order valence-electron chi connectivity index (χ4n) is 2.63. The first kappa shape index (κ1) is 24.9. The zero-order valence-electron chi connectivity index (χ0n) is 18.7. The lowest BCUT2D eigenvalue weighted by atomic mass is 10.1. The van der Waals surface area contributed by atoms with E-state index < -0.39 is 15.9 Å². The van der Waals surface area contributed by atoms with Crippen molar-refractivity contribution in [2.75, 3.05) is 25.4 Å². The maximum atomic E-state index is 12.7. The summed E-state index contributed by atoms with van der Waals surface area (Å²) in [5.74, 6) is -0.312. The van der Waals surface area contributed by atoms with E-state index in [0.717, 1.165) is 11.3 Å². The number of amides is 2. The van der Waals surface area contributed by atoms with Crippen molar-refractivity contribution < 1.29 is 22.7 Å². The van der Waals surface area contributed by atoms with Crippen LogP contribution in [0, 0.1) is 0 Å². The Hall–Kier alpha value is -3.77. The molecule has 0 unspecified atom stereocenters. The minimum absolute atomic E-state index is 0.0298. The van der Waals surface area contributed by atoms with Gasteiger partial charge in [-0.1, -0.05) is 18.2 Å². The molecule has 0 atom stereocenters. The van der Waals surface area contributed by atoms with Gasteiger partial charge >= 0.3 is 0 Å². The molecule has 178 valence electrons. The summed E-state index contributed by atoms with van der Waals surface area (Å²) in [4.78, 5) is 29.8. The van der Waals surface area contributed by atoms with Gasteiger partial charge in [0.25, 0.3) is 21.8 Å². The largest absolute Gasteiger partial charge is 0.484 e. The van der Waals surface area contributed by atoms with E-state index in [4.69, 9.17) is 4.74 Å². The lowest BCUT2D eigenvalue weighted by Gasteiger charge is -2.12. The normalized spacial score (nSPS) is 11.6. The van der Waals surface area contributed by atoms with Crippen LogP contribution in [0.3, 0.4) is 0 Å². The third-order valence-electron chi connectivity index (χ3n) is 4.51. The Kier molecular flexibility index (Phi) is 7.97. The van der Waals surface area contributed by atoms with E-state index in [2.05, 4.69) is 20.2 Å². The van der Waals surface area contributed by atoms with Crippen LogP contribution in [-0.2, 0) is 14.8 Å². The number of aromatic nitrogens is 1. The molecule has 0 spiro atoms. The van der Waals surface area contributed by atoms with Gasteiger partial charge in [-0.25, -0.2) is 13.8 Å². The number of thiophene rings is 1. The Morgan fingerprint density at radius 2 is 1.97 bits per heavy atom. The molecule has 0 fully saturated rings. The van der Waals surface area contributed by atoms with Crippen molar-refractivity contribution in [2.24, 2.45) is 5.10 Å². The van der Waals surface area contributed by atoms with Crippen LogP contribution in [0.25, 0.3) is 0 Å². The van der Waals surface area contributed by atoms with Gasteiger partial charge in [0.15, 0.2) is 6.61 Å². The summed E-state index contributed by atoms with van der Waals surface area (Å²) in [6.07, 6.45) is 2.64. The monoisotopic (exact) mass is 501 g/mol. The van der Waals surface area contributed by atoms with Crippen molar-refractivity contribution >= 4 is 44.6 Å². The predicted molar refractivity (Wildman–Crippen MR) is 130 cm³/mol. The number of nitrogens with zero attached hydrogens (tertiary/aromatic N) is 3. The van der Waals surface area contributed by atoms with Crippen LogP contribution in [0.2, 0.25) is 0 Å². The highest BCUT2D eigenvalue weighted by atomic mass is 32.2. The van der Waals surface area contributed by atoms with Gasteiger partial charge in [0, 0.05) is 25.9 Å². The molecule has 34 heavy (non-hydrogen) atoms. The Morgan fingerprint density at radius 1 is 1.18 bits per heavy atom. The summed E-state index contributed by atoms with van der Waals surface area (Å²) in [5.41, 5.74) is 3.67. The maximum Gasteiger partial charge on any atom is 0.273 e. The summed E-state index contributed by atoms with van der Waals surface area (Å²) in [6, 6.07) is 11.4. The molecule has 1 aromatic carbocycles. The number of ether oxygens (including phenoxy) is 1. The van der Waals surface area contributed by atoms with Crippen LogP contribution in [0.1, 0.15) is 22.8 Å². The Balaban J connectivity index is 1.72. The number of carbonyl (C=O) groups is 2. The number of hydrogen-bond donors (Lipinski definition) is 2. The fraction of sp³-hybridized carbons (Fsp3) is 0.182. The number of sulfonamides is 1. The zero-order valence-corrected chi connectivity index (χ0v) is 20.3. The van der Waals surface area contributed by atoms with Crippen LogP contribution in [0.4, 0.5) is 5.69 Å². The number of hydrogen-bond acceptors (Lipinski definition) is 8. The second-order valence-electron chi connectivity index (χ2n) is 7.20. The number of benzene rings is 1. The molecule has 2 heterocycles. The first-order valence-corrected chi connectivity index (χ1v) is 12.3. The molecular formula is C22H23N5O5S2. The summed E-state index contributed by atoms with van der Waals surface area (Å²) in [7, 11) is -0.567. The average Bonchev–Trinajstić information content (AvgIpc) is 3.37. The molecule has 0 bridgehead atoms. The Bertz CT molecular complexity index is 1300. The number of rotatable bonds is 9. The van der Waals surface area contributed by atoms with E-state index in [0.29, 0.717) is 17.0 Å². The van der Waals surface area contributed by atoms with Gasteiger partial charge in [-0.15, -0.1) is 11.3 Å². The Morgan fingerprint density at radius 3 is 2.68 bits per heavy atom. The van der Waals surface area contributed by atoms with Crippen LogP contribution in [0.15, 0.2) is 69.5 Å². The lowest BCUT2D eigenvalue weighted by molar-refractivity contribution is -0.130. The van der Waals surface area contributed by atoms with Crippen molar-refractivity contribution in [3.05, 3.63) is 71.4 Å². The van der Waals surface area contributed by atoms with Crippen molar-refractivity contribution in [1.82, 2.24) is 15.3 Å². The highest BCUT2D eigenvalue weighted by Gasteiger charge is 2.19. The highest BCUT2D eigenvalue weighted by molar-refractivity contribution is 7.94. The first-order chi connectivity index (χ1) is 16.2. The molecule has 0 aliphatic carbocycles. The van der Waals surface area contributed by atoms with Gasteiger partial charge in [-0.3, -0.25) is 19.3 Å². The van der Waals surface area contributed by atoms with Gasteiger partial charge in [-0.2, -0.15) is 5.10 Å². The van der Waals surface area contributed by atoms with Gasteiger partial charge in [0.1, 0.15) is 9.96 Å². The van der Waals surface area contributed by atoms with E-state index in [1.165, 1.54) is 29.4 Å². The molecule has 0 aliphatic heterocycles. The first-order valence-electron chi connectivity index (χ1n) is 9.96.